The van der Waals surface area contributed by atoms with Crippen molar-refractivity contribution in [2.24, 2.45) is 5.10 Å². The summed E-state index contributed by atoms with van der Waals surface area (Å²) in [7, 11) is 0. The number of phenols is 1. The van der Waals surface area contributed by atoms with Gasteiger partial charge in [0.25, 0.3) is 5.91 Å². The van der Waals surface area contributed by atoms with Crippen molar-refractivity contribution in [2.45, 2.75) is 13.3 Å². The van der Waals surface area contributed by atoms with Crippen molar-refractivity contribution in [1.82, 2.24) is 9.99 Å². The first-order chi connectivity index (χ1) is 16.5. The molecule has 0 radical (unpaired) electrons. The number of hydrogen-bond donors (Lipinski definition) is 2. The fraction of sp³-hybridized carbons (Fsp3) is 0.0714. The van der Waals surface area contributed by atoms with Crippen LogP contribution in [0.15, 0.2) is 101 Å². The quantitative estimate of drug-likeness (QED) is 0.170. The van der Waals surface area contributed by atoms with Gasteiger partial charge in [0, 0.05) is 16.9 Å². The molecule has 34 heavy (non-hydrogen) atoms. The smallest absolute Gasteiger partial charge is 0.271 e. The zero-order valence-corrected chi connectivity index (χ0v) is 20.3. The van der Waals surface area contributed by atoms with E-state index in [4.69, 9.17) is 0 Å². The Morgan fingerprint density at radius 2 is 1.82 bits per heavy atom. The minimum Gasteiger partial charge on any atom is -0.506 e. The number of halogens is 1. The summed E-state index contributed by atoms with van der Waals surface area (Å²) in [6.45, 7) is 5.76. The zero-order chi connectivity index (χ0) is 24.1. The lowest BCUT2D eigenvalue weighted by molar-refractivity contribution is 0.0955. The highest BCUT2D eigenvalue weighted by atomic mass is 79.9. The molecule has 6 heteroatoms. The van der Waals surface area contributed by atoms with Crippen LogP contribution in [0.2, 0.25) is 0 Å². The van der Waals surface area contributed by atoms with E-state index >= 15 is 0 Å². The highest BCUT2D eigenvalue weighted by Gasteiger charge is 2.11. The van der Waals surface area contributed by atoms with Crippen LogP contribution in [-0.4, -0.2) is 21.8 Å². The standard InChI is InChI=1S/C28H24BrN3O2/c1-3-7-23-16-20(17-25(29)27(23)33)18-30-31-28(34)22-11-13-24(14-12-22)32-19(2)10-15-26(32)21-8-5-4-6-9-21/h3-6,8-18,33H,1,7H2,2H3,(H,31,34)/b30-18+. The van der Waals surface area contributed by atoms with E-state index in [1.54, 1.807) is 36.6 Å². The Hall–Kier alpha value is -3.90. The second kappa shape index (κ2) is 10.4. The molecule has 0 aliphatic rings. The zero-order valence-electron chi connectivity index (χ0n) is 18.7. The predicted octanol–water partition coefficient (Wildman–Crippen LogP) is 6.41. The number of carbonyl (C=O) groups excluding carboxylic acids is 1. The Kier molecular flexibility index (Phi) is 7.09. The first-order valence-corrected chi connectivity index (χ1v) is 11.6. The van der Waals surface area contributed by atoms with Crippen LogP contribution in [0.25, 0.3) is 16.9 Å². The van der Waals surface area contributed by atoms with Gasteiger partial charge in [-0.25, -0.2) is 5.43 Å². The van der Waals surface area contributed by atoms with Crippen LogP contribution >= 0.6 is 15.9 Å². The molecule has 1 heterocycles. The van der Waals surface area contributed by atoms with Gasteiger partial charge in [-0.2, -0.15) is 5.10 Å². The highest BCUT2D eigenvalue weighted by molar-refractivity contribution is 9.10. The van der Waals surface area contributed by atoms with Gasteiger partial charge in [0.15, 0.2) is 0 Å². The lowest BCUT2D eigenvalue weighted by Crippen LogP contribution is -2.17. The number of aromatic nitrogens is 1. The minimum atomic E-state index is -0.306. The van der Waals surface area contributed by atoms with E-state index in [2.05, 4.69) is 68.8 Å². The predicted molar refractivity (Wildman–Crippen MR) is 141 cm³/mol. The van der Waals surface area contributed by atoms with Gasteiger partial charge in [-0.1, -0.05) is 36.4 Å². The maximum absolute atomic E-state index is 12.6. The van der Waals surface area contributed by atoms with Gasteiger partial charge in [-0.05, 0) is 94.5 Å². The van der Waals surface area contributed by atoms with Crippen molar-refractivity contribution in [3.8, 4) is 22.7 Å². The number of allylic oxidation sites excluding steroid dienone is 1. The molecule has 5 nitrogen and oxygen atoms in total. The molecule has 4 rings (SSSR count). The van der Waals surface area contributed by atoms with Gasteiger partial charge >= 0.3 is 0 Å². The molecule has 170 valence electrons. The Balaban J connectivity index is 1.49. The summed E-state index contributed by atoms with van der Waals surface area (Å²) in [5.41, 5.74) is 8.84. The summed E-state index contributed by atoms with van der Waals surface area (Å²) in [5.74, 6) is -0.131. The molecule has 0 spiro atoms. The first-order valence-electron chi connectivity index (χ1n) is 10.8. The third kappa shape index (κ3) is 5.02. The lowest BCUT2D eigenvalue weighted by Gasteiger charge is -2.12. The molecule has 0 fully saturated rings. The second-order valence-electron chi connectivity index (χ2n) is 7.81. The number of nitrogens with one attached hydrogen (secondary N) is 1. The average molecular weight is 514 g/mol. The summed E-state index contributed by atoms with van der Waals surface area (Å²) in [4.78, 5) is 12.6. The molecule has 1 amide bonds. The number of benzene rings is 3. The molecule has 4 aromatic rings. The SMILES string of the molecule is C=CCc1cc(/C=N/NC(=O)c2ccc(-n3c(C)ccc3-c3ccccc3)cc2)cc(Br)c1O. The maximum Gasteiger partial charge on any atom is 0.271 e. The van der Waals surface area contributed by atoms with Crippen LogP contribution in [0, 0.1) is 6.92 Å². The van der Waals surface area contributed by atoms with Gasteiger partial charge in [0.1, 0.15) is 5.75 Å². The number of aromatic hydroxyl groups is 1. The average Bonchev–Trinajstić information content (AvgIpc) is 3.24. The normalized spacial score (nSPS) is 11.0. The number of phenolic OH excluding ortho intramolecular Hbond substituents is 1. The van der Waals surface area contributed by atoms with Crippen molar-refractivity contribution < 1.29 is 9.90 Å². The Labute approximate surface area is 207 Å². The lowest BCUT2D eigenvalue weighted by atomic mass is 10.1. The molecule has 0 saturated carbocycles. The number of hydrazone groups is 1. The van der Waals surface area contributed by atoms with Gasteiger partial charge in [-0.3, -0.25) is 4.79 Å². The largest absolute Gasteiger partial charge is 0.506 e. The minimum absolute atomic E-state index is 0.175. The van der Waals surface area contributed by atoms with E-state index in [0.29, 0.717) is 16.5 Å². The summed E-state index contributed by atoms with van der Waals surface area (Å²) >= 11 is 3.34. The number of carbonyl (C=O) groups is 1. The van der Waals surface area contributed by atoms with E-state index in [1.165, 1.54) is 0 Å². The van der Waals surface area contributed by atoms with Gasteiger partial charge in [-0.15, -0.1) is 6.58 Å². The topological polar surface area (TPSA) is 66.6 Å². The van der Waals surface area contributed by atoms with E-state index < -0.39 is 0 Å². The van der Waals surface area contributed by atoms with E-state index in [-0.39, 0.29) is 11.7 Å². The molecule has 0 unspecified atom stereocenters. The number of rotatable bonds is 7. The summed E-state index contributed by atoms with van der Waals surface area (Å²) in [5, 5.41) is 14.2. The van der Waals surface area contributed by atoms with E-state index in [0.717, 1.165) is 33.8 Å². The molecule has 2 N–H and O–H groups in total. The molecule has 0 saturated heterocycles. The van der Waals surface area contributed by atoms with Crippen LogP contribution in [-0.2, 0) is 6.42 Å². The molecular formula is C28H24BrN3O2. The number of aryl methyl sites for hydroxylation is 1. The van der Waals surface area contributed by atoms with Gasteiger partial charge < -0.3 is 9.67 Å². The maximum atomic E-state index is 12.6. The Morgan fingerprint density at radius 3 is 2.53 bits per heavy atom. The number of amides is 1. The Morgan fingerprint density at radius 1 is 1.09 bits per heavy atom. The summed E-state index contributed by atoms with van der Waals surface area (Å²) in [6, 6.07) is 25.3. The molecule has 0 bridgehead atoms. The van der Waals surface area contributed by atoms with Crippen molar-refractivity contribution in [2.75, 3.05) is 0 Å². The van der Waals surface area contributed by atoms with Crippen LogP contribution in [0.1, 0.15) is 27.2 Å². The van der Waals surface area contributed by atoms with Crippen LogP contribution in [0.4, 0.5) is 0 Å². The van der Waals surface area contributed by atoms with Crippen molar-refractivity contribution in [3.05, 3.63) is 118 Å². The van der Waals surface area contributed by atoms with Gasteiger partial charge in [0.05, 0.1) is 16.4 Å². The summed E-state index contributed by atoms with van der Waals surface area (Å²) < 4.78 is 2.73. The van der Waals surface area contributed by atoms with Gasteiger partial charge in [0.2, 0.25) is 0 Å². The van der Waals surface area contributed by atoms with Crippen molar-refractivity contribution in [1.29, 1.82) is 0 Å². The molecule has 3 aromatic carbocycles. The first kappa shape index (κ1) is 23.3. The fourth-order valence-electron chi connectivity index (χ4n) is 3.77. The molecular weight excluding hydrogens is 490 g/mol. The van der Waals surface area contributed by atoms with Crippen LogP contribution in [0.3, 0.4) is 0 Å². The molecule has 0 aliphatic heterocycles. The second-order valence-corrected chi connectivity index (χ2v) is 8.66. The third-order valence-electron chi connectivity index (χ3n) is 5.44. The number of nitrogens with zero attached hydrogens (tertiary/aromatic N) is 2. The number of hydrogen-bond acceptors (Lipinski definition) is 3. The van der Waals surface area contributed by atoms with Crippen LogP contribution in [0.5, 0.6) is 5.75 Å². The van der Waals surface area contributed by atoms with E-state index in [1.807, 2.05) is 30.3 Å². The molecule has 1 aromatic heterocycles. The van der Waals surface area contributed by atoms with Crippen molar-refractivity contribution in [3.63, 3.8) is 0 Å². The highest BCUT2D eigenvalue weighted by Crippen LogP contribution is 2.30. The molecule has 0 aliphatic carbocycles. The fourth-order valence-corrected chi connectivity index (χ4v) is 4.29. The monoisotopic (exact) mass is 513 g/mol. The van der Waals surface area contributed by atoms with Crippen LogP contribution < -0.4 is 5.43 Å². The summed E-state index contributed by atoms with van der Waals surface area (Å²) in [6.07, 6.45) is 3.78. The van der Waals surface area contributed by atoms with Crippen molar-refractivity contribution >= 4 is 28.1 Å². The third-order valence-corrected chi connectivity index (χ3v) is 6.05. The Bertz CT molecular complexity index is 1360. The van der Waals surface area contributed by atoms with E-state index in [9.17, 15) is 9.90 Å². The molecule has 0 atom stereocenters.